The topological polar surface area (TPSA) is 87.3 Å². The van der Waals surface area contributed by atoms with E-state index in [-0.39, 0.29) is 5.69 Å². The molecule has 3 aromatic rings. The monoisotopic (exact) mass is 309 g/mol. The summed E-state index contributed by atoms with van der Waals surface area (Å²) in [5.41, 5.74) is 0.952. The number of carbonyl (C=O) groups is 1. The number of ether oxygens (including phenoxy) is 1. The molecule has 0 bridgehead atoms. The molecule has 0 fully saturated rings. The smallest absolute Gasteiger partial charge is 0.410 e. The van der Waals surface area contributed by atoms with Crippen molar-refractivity contribution in [2.45, 2.75) is 0 Å². The number of nitro groups is 1. The van der Waals surface area contributed by atoms with E-state index in [0.29, 0.717) is 17.0 Å². The van der Waals surface area contributed by atoms with Crippen LogP contribution in [0.25, 0.3) is 11.3 Å². The van der Waals surface area contributed by atoms with Crippen LogP contribution in [0.1, 0.15) is 0 Å². The van der Waals surface area contributed by atoms with Gasteiger partial charge in [-0.2, -0.15) is 0 Å². The number of carbonyl (C=O) groups excluding carboxylic acids is 1. The van der Waals surface area contributed by atoms with Gasteiger partial charge in [0.2, 0.25) is 0 Å². The van der Waals surface area contributed by atoms with Gasteiger partial charge < -0.3 is 4.74 Å². The summed E-state index contributed by atoms with van der Waals surface area (Å²) in [5, 5.41) is 10.8. The molecule has 0 aliphatic rings. The van der Waals surface area contributed by atoms with Gasteiger partial charge >= 0.3 is 6.09 Å². The van der Waals surface area contributed by atoms with E-state index in [9.17, 15) is 14.9 Å². The molecule has 114 valence electrons. The summed E-state index contributed by atoms with van der Waals surface area (Å²) in [6.45, 7) is 0. The molecule has 0 unspecified atom stereocenters. The first kappa shape index (κ1) is 14.5. The van der Waals surface area contributed by atoms with E-state index in [0.717, 1.165) is 0 Å². The highest BCUT2D eigenvalue weighted by atomic mass is 16.6. The van der Waals surface area contributed by atoms with Gasteiger partial charge in [-0.15, -0.1) is 0 Å². The zero-order valence-electron chi connectivity index (χ0n) is 11.8. The van der Waals surface area contributed by atoms with E-state index >= 15 is 0 Å². The molecule has 0 saturated carbocycles. The first-order valence-electron chi connectivity index (χ1n) is 6.69. The molecule has 0 aliphatic carbocycles. The maximum Gasteiger partial charge on any atom is 0.424 e. The van der Waals surface area contributed by atoms with Gasteiger partial charge in [0.05, 0.1) is 10.6 Å². The molecular formula is C16H11N3O4. The Hall–Kier alpha value is -3.48. The van der Waals surface area contributed by atoms with Gasteiger partial charge in [0, 0.05) is 23.9 Å². The normalized spacial score (nSPS) is 10.3. The van der Waals surface area contributed by atoms with E-state index in [2.05, 4.69) is 4.98 Å². The summed E-state index contributed by atoms with van der Waals surface area (Å²) in [6.07, 6.45) is 2.16. The number of nitro benzene ring substituents is 1. The zero-order valence-corrected chi connectivity index (χ0v) is 11.8. The molecule has 7 heteroatoms. The fourth-order valence-electron chi connectivity index (χ4n) is 1.99. The lowest BCUT2D eigenvalue weighted by atomic mass is 10.1. The Bertz CT molecular complexity index is 859. The number of para-hydroxylation sites is 1. The third-order valence-electron chi connectivity index (χ3n) is 3.09. The summed E-state index contributed by atoms with van der Waals surface area (Å²) < 4.78 is 6.37. The van der Waals surface area contributed by atoms with Crippen molar-refractivity contribution in [1.29, 1.82) is 0 Å². The first-order valence-corrected chi connectivity index (χ1v) is 6.69. The molecule has 7 nitrogen and oxygen atoms in total. The van der Waals surface area contributed by atoms with Crippen molar-refractivity contribution in [3.05, 3.63) is 77.2 Å². The number of benzene rings is 2. The van der Waals surface area contributed by atoms with Crippen LogP contribution in [0.3, 0.4) is 0 Å². The highest BCUT2D eigenvalue weighted by molar-refractivity contribution is 5.75. The van der Waals surface area contributed by atoms with Crippen LogP contribution >= 0.6 is 0 Å². The number of non-ortho nitro benzene ring substituents is 1. The average molecular weight is 309 g/mol. The molecule has 1 heterocycles. The average Bonchev–Trinajstić information content (AvgIpc) is 3.06. The van der Waals surface area contributed by atoms with Gasteiger partial charge in [0.15, 0.2) is 0 Å². The highest BCUT2D eigenvalue weighted by Crippen LogP contribution is 2.22. The molecule has 2 aromatic carbocycles. The predicted octanol–water partition coefficient (Wildman–Crippen LogP) is 3.51. The standard InChI is InChI=1S/C16H11N3O4/c20-16(23-14-7-2-1-3-8-14)18-10-15(17-11-18)12-5-4-6-13(9-12)19(21)22/h1-11H. The zero-order chi connectivity index (χ0) is 16.2. The molecule has 0 amide bonds. The maximum atomic E-state index is 12.0. The van der Waals surface area contributed by atoms with Gasteiger partial charge in [0.1, 0.15) is 12.1 Å². The van der Waals surface area contributed by atoms with Crippen molar-refractivity contribution in [2.24, 2.45) is 0 Å². The summed E-state index contributed by atoms with van der Waals surface area (Å²) >= 11 is 0. The molecule has 0 aliphatic heterocycles. The minimum absolute atomic E-state index is 0.0380. The fraction of sp³-hybridized carbons (Fsp3) is 0. The predicted molar refractivity (Wildman–Crippen MR) is 82.2 cm³/mol. The van der Waals surface area contributed by atoms with Gasteiger partial charge in [-0.25, -0.2) is 14.3 Å². The van der Waals surface area contributed by atoms with Crippen LogP contribution in [0.4, 0.5) is 10.5 Å². The van der Waals surface area contributed by atoms with Crippen molar-refractivity contribution >= 4 is 11.8 Å². The van der Waals surface area contributed by atoms with Crippen molar-refractivity contribution < 1.29 is 14.5 Å². The van der Waals surface area contributed by atoms with Crippen LogP contribution in [-0.4, -0.2) is 20.6 Å². The molecule has 0 atom stereocenters. The third kappa shape index (κ3) is 3.24. The summed E-state index contributed by atoms with van der Waals surface area (Å²) in [7, 11) is 0. The van der Waals surface area contributed by atoms with E-state index in [1.54, 1.807) is 36.4 Å². The van der Waals surface area contributed by atoms with Gasteiger partial charge in [0.25, 0.3) is 5.69 Å². The Kier molecular flexibility index (Phi) is 3.84. The lowest BCUT2D eigenvalue weighted by Gasteiger charge is -2.03. The van der Waals surface area contributed by atoms with Crippen molar-refractivity contribution in [3.8, 4) is 17.0 Å². The minimum Gasteiger partial charge on any atom is -0.410 e. The van der Waals surface area contributed by atoms with Gasteiger partial charge in [-0.3, -0.25) is 10.1 Å². The molecule has 0 spiro atoms. The Morgan fingerprint density at radius 2 is 1.91 bits per heavy atom. The molecule has 23 heavy (non-hydrogen) atoms. The largest absolute Gasteiger partial charge is 0.424 e. The second-order valence-corrected chi connectivity index (χ2v) is 4.65. The Morgan fingerprint density at radius 3 is 2.65 bits per heavy atom. The molecule has 0 N–H and O–H groups in total. The number of nitrogens with zero attached hydrogens (tertiary/aromatic N) is 3. The highest BCUT2D eigenvalue weighted by Gasteiger charge is 2.12. The molecule has 0 saturated heterocycles. The second kappa shape index (κ2) is 6.10. The number of rotatable bonds is 3. The first-order chi connectivity index (χ1) is 11.1. The Labute approximate surface area is 130 Å². The fourth-order valence-corrected chi connectivity index (χ4v) is 1.99. The van der Waals surface area contributed by atoms with Gasteiger partial charge in [-0.05, 0) is 12.1 Å². The number of imidazole rings is 1. The van der Waals surface area contributed by atoms with Crippen LogP contribution in [0.2, 0.25) is 0 Å². The van der Waals surface area contributed by atoms with E-state index in [1.165, 1.54) is 29.2 Å². The van der Waals surface area contributed by atoms with Crippen molar-refractivity contribution in [2.75, 3.05) is 0 Å². The lowest BCUT2D eigenvalue weighted by Crippen LogP contribution is -2.14. The molecular weight excluding hydrogens is 298 g/mol. The van der Waals surface area contributed by atoms with Crippen LogP contribution in [-0.2, 0) is 0 Å². The van der Waals surface area contributed by atoms with Crippen LogP contribution in [0, 0.1) is 10.1 Å². The Balaban J connectivity index is 1.81. The quantitative estimate of drug-likeness (QED) is 0.546. The molecule has 0 radical (unpaired) electrons. The Morgan fingerprint density at radius 1 is 1.13 bits per heavy atom. The van der Waals surface area contributed by atoms with E-state index < -0.39 is 11.0 Å². The molecule has 1 aromatic heterocycles. The number of aromatic nitrogens is 2. The third-order valence-corrected chi connectivity index (χ3v) is 3.09. The van der Waals surface area contributed by atoms with E-state index in [1.807, 2.05) is 6.07 Å². The SMILES string of the molecule is O=C(Oc1ccccc1)n1cnc(-c2cccc([N+](=O)[O-])c2)c1. The second-order valence-electron chi connectivity index (χ2n) is 4.65. The summed E-state index contributed by atoms with van der Waals surface area (Å²) in [4.78, 5) is 26.4. The van der Waals surface area contributed by atoms with Crippen LogP contribution < -0.4 is 4.74 Å². The maximum absolute atomic E-state index is 12.0. The molecule has 3 rings (SSSR count). The summed E-state index contributed by atoms with van der Waals surface area (Å²) in [6, 6.07) is 14.7. The number of hydrogen-bond acceptors (Lipinski definition) is 5. The lowest BCUT2D eigenvalue weighted by molar-refractivity contribution is -0.384. The van der Waals surface area contributed by atoms with Crippen LogP contribution in [0.5, 0.6) is 5.75 Å². The summed E-state index contributed by atoms with van der Waals surface area (Å²) in [5.74, 6) is 0.420. The van der Waals surface area contributed by atoms with Crippen LogP contribution in [0.15, 0.2) is 67.1 Å². The van der Waals surface area contributed by atoms with Crippen molar-refractivity contribution in [1.82, 2.24) is 9.55 Å². The minimum atomic E-state index is -0.611. The van der Waals surface area contributed by atoms with Gasteiger partial charge in [-0.1, -0.05) is 30.3 Å². The van der Waals surface area contributed by atoms with Crippen molar-refractivity contribution in [3.63, 3.8) is 0 Å². The number of hydrogen-bond donors (Lipinski definition) is 0. The van der Waals surface area contributed by atoms with E-state index in [4.69, 9.17) is 4.74 Å².